The lowest BCUT2D eigenvalue weighted by atomic mass is 9.92. The van der Waals surface area contributed by atoms with Crippen molar-refractivity contribution < 1.29 is 17.9 Å². The van der Waals surface area contributed by atoms with Crippen LogP contribution in [0.2, 0.25) is 5.02 Å². The summed E-state index contributed by atoms with van der Waals surface area (Å²) in [5, 5.41) is 7.43. The molecule has 1 saturated heterocycles. The number of benzene rings is 1. The molecule has 1 N–H and O–H groups in total. The van der Waals surface area contributed by atoms with Crippen molar-refractivity contribution in [2.75, 3.05) is 23.3 Å². The number of hydrogen-bond donors (Lipinski definition) is 1. The second kappa shape index (κ2) is 9.28. The monoisotopic (exact) mass is 493 g/mol. The summed E-state index contributed by atoms with van der Waals surface area (Å²) in [4.78, 5) is 15.2. The van der Waals surface area contributed by atoms with Gasteiger partial charge in [0.1, 0.15) is 30.3 Å². The molecule has 0 unspecified atom stereocenters. The molecular weight excluding hydrogens is 471 g/mol. The Morgan fingerprint density at radius 3 is 2.62 bits per heavy atom. The van der Waals surface area contributed by atoms with Gasteiger partial charge in [-0.25, -0.2) is 27.8 Å². The van der Waals surface area contributed by atoms with Crippen molar-refractivity contribution in [1.29, 1.82) is 0 Å². The summed E-state index contributed by atoms with van der Waals surface area (Å²) in [7, 11) is 0. The molecule has 8 nitrogen and oxygen atoms in total. The van der Waals surface area contributed by atoms with E-state index in [9.17, 15) is 13.2 Å². The number of hydrogen-bond acceptors (Lipinski definition) is 7. The number of nitrogens with zero attached hydrogens (tertiary/aromatic N) is 6. The Balaban J connectivity index is 1.33. The van der Waals surface area contributed by atoms with Gasteiger partial charge in [-0.1, -0.05) is 11.6 Å². The van der Waals surface area contributed by atoms with E-state index in [1.807, 2.05) is 13.0 Å². The van der Waals surface area contributed by atoms with E-state index in [4.69, 9.17) is 16.3 Å². The number of aromatic nitrogens is 5. The van der Waals surface area contributed by atoms with E-state index in [-0.39, 0.29) is 28.8 Å². The van der Waals surface area contributed by atoms with Gasteiger partial charge >= 0.3 is 6.01 Å². The number of halogens is 4. The van der Waals surface area contributed by atoms with Crippen molar-refractivity contribution in [3.8, 4) is 11.8 Å². The summed E-state index contributed by atoms with van der Waals surface area (Å²) in [6.07, 6.45) is 1.01. The Bertz CT molecular complexity index is 1160. The quantitative estimate of drug-likeness (QED) is 0.517. The molecule has 0 radical (unpaired) electrons. The van der Waals surface area contributed by atoms with Gasteiger partial charge in [0.05, 0.1) is 5.02 Å². The van der Waals surface area contributed by atoms with Crippen LogP contribution in [0.25, 0.3) is 0 Å². The van der Waals surface area contributed by atoms with Crippen LogP contribution >= 0.6 is 11.6 Å². The van der Waals surface area contributed by atoms with Gasteiger partial charge in [-0.3, -0.25) is 0 Å². The largest absolute Gasteiger partial charge is 0.424 e. The molecule has 5 rings (SSSR count). The lowest BCUT2D eigenvalue weighted by Crippen LogP contribution is -2.48. The minimum absolute atomic E-state index is 0.106. The molecule has 2 aromatic heterocycles. The van der Waals surface area contributed by atoms with Crippen molar-refractivity contribution in [2.24, 2.45) is 11.8 Å². The number of ether oxygens (including phenoxy) is 1. The topological polar surface area (TPSA) is 81.0 Å². The Morgan fingerprint density at radius 2 is 1.94 bits per heavy atom. The smallest absolute Gasteiger partial charge is 0.322 e. The van der Waals surface area contributed by atoms with Crippen LogP contribution in [0.3, 0.4) is 0 Å². The Labute approximate surface area is 199 Å². The standard InChI is InChI=1S/C22H23ClF3N7O/c1-12-6-19(28-11-27-12)32-8-13-2-3-14(9-32)20(13)29-21-30-22(33(31-21)10-18(25)26)34-15-4-5-17(24)16(23)7-15/h4-7,11,13-14,18,20H,2-3,8-10H2,1H3,(H,29,31)/t13-,14+,20-. The van der Waals surface area contributed by atoms with Gasteiger partial charge in [0.25, 0.3) is 6.43 Å². The zero-order valence-electron chi connectivity index (χ0n) is 18.3. The van der Waals surface area contributed by atoms with Crippen LogP contribution in [0.4, 0.5) is 24.9 Å². The minimum Gasteiger partial charge on any atom is -0.424 e. The Kier molecular flexibility index (Phi) is 6.20. The van der Waals surface area contributed by atoms with E-state index < -0.39 is 18.8 Å². The summed E-state index contributed by atoms with van der Waals surface area (Å²) in [6.45, 7) is 2.89. The van der Waals surface area contributed by atoms with Crippen LogP contribution in [0, 0.1) is 24.6 Å². The van der Waals surface area contributed by atoms with Gasteiger partial charge < -0.3 is 15.0 Å². The van der Waals surface area contributed by atoms with E-state index in [2.05, 4.69) is 30.3 Å². The normalized spacial score (nSPS) is 21.8. The molecule has 2 bridgehead atoms. The van der Waals surface area contributed by atoms with Crippen LogP contribution in [0.5, 0.6) is 11.8 Å². The number of fused-ring (bicyclic) bond motifs is 2. The first-order valence-corrected chi connectivity index (χ1v) is 11.4. The molecular formula is C22H23ClF3N7O. The van der Waals surface area contributed by atoms with Gasteiger partial charge in [-0.15, -0.1) is 5.10 Å². The highest BCUT2D eigenvalue weighted by Crippen LogP contribution is 2.40. The minimum atomic E-state index is -2.65. The number of anilines is 2. The zero-order chi connectivity index (χ0) is 23.8. The highest BCUT2D eigenvalue weighted by atomic mass is 35.5. The molecule has 180 valence electrons. The van der Waals surface area contributed by atoms with Gasteiger partial charge in [0.15, 0.2) is 0 Å². The third-order valence-corrected chi connectivity index (χ3v) is 6.58. The SMILES string of the molecule is Cc1cc(N2C[C@H]3CC[C@@H](C2)[C@@H]3Nc2nc(Oc3ccc(F)c(Cl)c3)n(CC(F)F)n2)ncn1. The molecule has 1 saturated carbocycles. The number of nitrogens with one attached hydrogen (secondary N) is 1. The van der Waals surface area contributed by atoms with Crippen LogP contribution < -0.4 is 15.0 Å². The van der Waals surface area contributed by atoms with Gasteiger partial charge in [0.2, 0.25) is 5.95 Å². The molecule has 3 atom stereocenters. The Morgan fingerprint density at radius 1 is 1.18 bits per heavy atom. The van der Waals surface area contributed by atoms with Crippen LogP contribution in [0.15, 0.2) is 30.6 Å². The highest BCUT2D eigenvalue weighted by Gasteiger charge is 2.43. The van der Waals surface area contributed by atoms with Gasteiger partial charge in [-0.2, -0.15) is 4.98 Å². The molecule has 1 aliphatic carbocycles. The number of rotatable bonds is 7. The molecule has 2 fully saturated rings. The molecule has 34 heavy (non-hydrogen) atoms. The van der Waals surface area contributed by atoms with Crippen molar-refractivity contribution in [3.05, 3.63) is 47.1 Å². The van der Waals surface area contributed by atoms with Crippen LogP contribution in [0.1, 0.15) is 18.5 Å². The average Bonchev–Trinajstić information content (AvgIpc) is 3.24. The fraction of sp³-hybridized carbons (Fsp3) is 0.455. The maximum Gasteiger partial charge on any atom is 0.322 e. The van der Waals surface area contributed by atoms with E-state index in [0.717, 1.165) is 48.2 Å². The van der Waals surface area contributed by atoms with E-state index in [0.29, 0.717) is 11.8 Å². The van der Waals surface area contributed by atoms with Gasteiger partial charge in [0, 0.05) is 37.0 Å². The number of alkyl halides is 2. The number of piperidine rings is 1. The van der Waals surface area contributed by atoms with Crippen molar-refractivity contribution in [3.63, 3.8) is 0 Å². The molecule has 1 aliphatic heterocycles. The van der Waals surface area contributed by atoms with Crippen molar-refractivity contribution in [2.45, 2.75) is 38.8 Å². The second-order valence-corrected chi connectivity index (χ2v) is 9.07. The average molecular weight is 494 g/mol. The maximum atomic E-state index is 13.4. The summed E-state index contributed by atoms with van der Waals surface area (Å²) in [5.74, 6) is 1.36. The highest BCUT2D eigenvalue weighted by molar-refractivity contribution is 6.30. The third-order valence-electron chi connectivity index (χ3n) is 6.29. The third kappa shape index (κ3) is 4.75. The second-order valence-electron chi connectivity index (χ2n) is 8.66. The predicted molar refractivity (Wildman–Crippen MR) is 120 cm³/mol. The summed E-state index contributed by atoms with van der Waals surface area (Å²) in [5.41, 5.74) is 0.918. The first-order valence-electron chi connectivity index (χ1n) is 11.0. The van der Waals surface area contributed by atoms with E-state index in [1.165, 1.54) is 12.1 Å². The van der Waals surface area contributed by atoms with Crippen LogP contribution in [-0.4, -0.2) is 50.3 Å². The maximum absolute atomic E-state index is 13.4. The zero-order valence-corrected chi connectivity index (χ0v) is 19.1. The molecule has 0 amide bonds. The van der Waals surface area contributed by atoms with Gasteiger partial charge in [-0.05, 0) is 43.7 Å². The predicted octanol–water partition coefficient (Wildman–Crippen LogP) is 4.55. The fourth-order valence-corrected chi connectivity index (χ4v) is 4.94. The molecule has 2 aliphatic rings. The van der Waals surface area contributed by atoms with Crippen molar-refractivity contribution >= 4 is 23.4 Å². The van der Waals surface area contributed by atoms with E-state index >= 15 is 0 Å². The van der Waals surface area contributed by atoms with Crippen molar-refractivity contribution in [1.82, 2.24) is 24.7 Å². The summed E-state index contributed by atoms with van der Waals surface area (Å²) >= 11 is 5.80. The Hall–Kier alpha value is -3.08. The number of aryl methyl sites for hydroxylation is 1. The molecule has 12 heteroatoms. The molecule has 0 spiro atoms. The summed E-state index contributed by atoms with van der Waals surface area (Å²) in [6, 6.07) is 5.71. The van der Waals surface area contributed by atoms with Crippen LogP contribution in [-0.2, 0) is 6.54 Å². The first kappa shape index (κ1) is 22.7. The summed E-state index contributed by atoms with van der Waals surface area (Å²) < 4.78 is 46.3. The lowest BCUT2D eigenvalue weighted by molar-refractivity contribution is 0.118. The first-order chi connectivity index (χ1) is 16.4. The molecule has 1 aromatic carbocycles. The lowest BCUT2D eigenvalue weighted by Gasteiger charge is -2.38. The molecule has 3 aromatic rings. The molecule has 3 heterocycles. The van der Waals surface area contributed by atoms with E-state index in [1.54, 1.807) is 6.33 Å². The fourth-order valence-electron chi connectivity index (χ4n) is 4.77.